The molecule has 8 heteroatoms. The van der Waals surface area contributed by atoms with Crippen LogP contribution in [-0.4, -0.2) is 84.6 Å². The highest BCUT2D eigenvalue weighted by atomic mass is 32.2. The fraction of sp³-hybridized carbons (Fsp3) is 0.907. The van der Waals surface area contributed by atoms with Crippen LogP contribution in [0, 0.1) is 0 Å². The molecule has 1 atom stereocenters. The summed E-state index contributed by atoms with van der Waals surface area (Å²) in [6, 6.07) is 0. The third-order valence-corrected chi connectivity index (χ3v) is 10.4. The third-order valence-electron chi connectivity index (χ3n) is 9.55. The van der Waals surface area contributed by atoms with Crippen molar-refractivity contribution in [1.82, 2.24) is 9.80 Å². The van der Waals surface area contributed by atoms with Crippen LogP contribution in [-0.2, 0) is 14.3 Å². The van der Waals surface area contributed by atoms with Crippen molar-refractivity contribution >= 4 is 23.0 Å². The van der Waals surface area contributed by atoms with E-state index in [1.54, 1.807) is 0 Å². The van der Waals surface area contributed by atoms with Crippen LogP contribution in [0.5, 0.6) is 0 Å². The van der Waals surface area contributed by atoms with Gasteiger partial charge in [0.25, 0.3) is 5.24 Å². The zero-order valence-corrected chi connectivity index (χ0v) is 35.1. The van der Waals surface area contributed by atoms with Crippen molar-refractivity contribution in [2.24, 2.45) is 0 Å². The maximum atomic E-state index is 13.1. The van der Waals surface area contributed by atoms with Gasteiger partial charge >= 0.3 is 5.97 Å². The molecule has 1 amide bonds. The van der Waals surface area contributed by atoms with Crippen molar-refractivity contribution in [3.8, 4) is 0 Å². The molecule has 7 nitrogen and oxygen atoms in total. The van der Waals surface area contributed by atoms with Crippen LogP contribution < -0.4 is 0 Å². The van der Waals surface area contributed by atoms with Crippen molar-refractivity contribution < 1.29 is 24.2 Å². The molecule has 0 aliphatic carbocycles. The number of hydrogen-bond donors (Lipinski definition) is 1. The SMILES string of the molecule is CCCCCC/C=C\COC(=O)CCCCCN(CCCCCC(O)OC(CCCCCCCC)CCCCCCCC)C(=O)SCCN(C)C. The van der Waals surface area contributed by atoms with E-state index in [9.17, 15) is 14.7 Å². The number of ether oxygens (including phenoxy) is 2. The zero-order chi connectivity index (χ0) is 37.6. The highest BCUT2D eigenvalue weighted by Crippen LogP contribution is 2.20. The first-order valence-corrected chi connectivity index (χ1v) is 22.5. The van der Waals surface area contributed by atoms with Crippen LogP contribution in [0.4, 0.5) is 4.79 Å². The normalized spacial score (nSPS) is 12.4. The number of esters is 1. The van der Waals surface area contributed by atoms with Crippen molar-refractivity contribution in [3.05, 3.63) is 12.2 Å². The summed E-state index contributed by atoms with van der Waals surface area (Å²) in [6.45, 7) is 9.42. The van der Waals surface area contributed by atoms with Crippen LogP contribution in [0.3, 0.4) is 0 Å². The van der Waals surface area contributed by atoms with Crippen molar-refractivity contribution in [2.75, 3.05) is 46.1 Å². The lowest BCUT2D eigenvalue weighted by Crippen LogP contribution is -2.31. The molecular weight excluding hydrogens is 657 g/mol. The maximum absolute atomic E-state index is 13.1. The topological polar surface area (TPSA) is 79.3 Å². The predicted molar refractivity (Wildman–Crippen MR) is 221 cm³/mol. The van der Waals surface area contributed by atoms with Crippen molar-refractivity contribution in [2.45, 2.75) is 207 Å². The summed E-state index contributed by atoms with van der Waals surface area (Å²) >= 11 is 1.40. The number of rotatable bonds is 38. The summed E-state index contributed by atoms with van der Waals surface area (Å²) in [5.41, 5.74) is 0. The van der Waals surface area contributed by atoms with Gasteiger partial charge in [0, 0.05) is 31.8 Å². The molecule has 1 unspecified atom stereocenters. The third kappa shape index (κ3) is 35.7. The van der Waals surface area contributed by atoms with Crippen LogP contribution >= 0.6 is 11.8 Å². The molecule has 0 bridgehead atoms. The Morgan fingerprint density at radius 1 is 0.627 bits per heavy atom. The first kappa shape index (κ1) is 49.9. The lowest BCUT2D eigenvalue weighted by molar-refractivity contribution is -0.144. The van der Waals surface area contributed by atoms with E-state index < -0.39 is 6.29 Å². The standard InChI is InChI=1S/C43H84N2O5S/c1-6-9-12-15-18-21-30-38-49-41(46)33-26-22-28-35-45(43(48)51-39-37-44(4)5)36-29-23-27-34-42(47)50-40(31-24-19-16-13-10-7-2)32-25-20-17-14-11-8-3/h21,30,40,42,47H,6-20,22-29,31-39H2,1-5H3/b30-21-. The van der Waals surface area contributed by atoms with Gasteiger partial charge in [-0.3, -0.25) is 9.59 Å². The molecule has 0 aliphatic rings. The van der Waals surface area contributed by atoms with Gasteiger partial charge < -0.3 is 24.4 Å². The van der Waals surface area contributed by atoms with E-state index in [0.29, 0.717) is 26.0 Å². The number of thioether (sulfide) groups is 1. The van der Waals surface area contributed by atoms with Gasteiger partial charge in [0.05, 0.1) is 6.10 Å². The maximum Gasteiger partial charge on any atom is 0.306 e. The predicted octanol–water partition coefficient (Wildman–Crippen LogP) is 12.1. The Morgan fingerprint density at radius 2 is 1.14 bits per heavy atom. The van der Waals surface area contributed by atoms with Gasteiger partial charge in [-0.2, -0.15) is 0 Å². The van der Waals surface area contributed by atoms with Crippen molar-refractivity contribution in [3.63, 3.8) is 0 Å². The van der Waals surface area contributed by atoms with Crippen LogP contribution in [0.15, 0.2) is 12.2 Å². The number of nitrogens with zero attached hydrogens (tertiary/aromatic N) is 2. The molecule has 0 rings (SSSR count). The van der Waals surface area contributed by atoms with E-state index >= 15 is 0 Å². The number of carbonyl (C=O) groups excluding carboxylic acids is 2. The Hall–Kier alpha value is -1.09. The Bertz CT molecular complexity index is 780. The Labute approximate surface area is 320 Å². The summed E-state index contributed by atoms with van der Waals surface area (Å²) in [5.74, 6) is 0.643. The molecule has 0 spiro atoms. The highest BCUT2D eigenvalue weighted by molar-refractivity contribution is 8.13. The highest BCUT2D eigenvalue weighted by Gasteiger charge is 2.16. The number of hydrogen-bond acceptors (Lipinski definition) is 7. The summed E-state index contributed by atoms with van der Waals surface area (Å²) in [4.78, 5) is 29.3. The molecule has 0 saturated heterocycles. The van der Waals surface area contributed by atoms with Gasteiger partial charge in [0.2, 0.25) is 0 Å². The molecule has 0 aromatic carbocycles. The lowest BCUT2D eigenvalue weighted by atomic mass is 10.0. The molecule has 302 valence electrons. The van der Waals surface area contributed by atoms with E-state index in [1.807, 2.05) is 25.1 Å². The summed E-state index contributed by atoms with van der Waals surface area (Å²) < 4.78 is 11.6. The smallest absolute Gasteiger partial charge is 0.306 e. The summed E-state index contributed by atoms with van der Waals surface area (Å²) in [6.07, 6.45) is 33.5. The largest absolute Gasteiger partial charge is 0.461 e. The number of aliphatic hydroxyl groups is 1. The van der Waals surface area contributed by atoms with E-state index in [1.165, 1.54) is 114 Å². The number of allylic oxidation sites excluding steroid dienone is 1. The molecule has 0 fully saturated rings. The fourth-order valence-corrected chi connectivity index (χ4v) is 7.21. The second-order valence-electron chi connectivity index (χ2n) is 14.9. The van der Waals surface area contributed by atoms with Gasteiger partial charge in [-0.15, -0.1) is 0 Å². The number of unbranched alkanes of at least 4 members (excludes halogenated alkanes) is 18. The quantitative estimate of drug-likeness (QED) is 0.0292. The molecule has 0 aromatic heterocycles. The molecule has 0 aliphatic heterocycles. The fourth-order valence-electron chi connectivity index (χ4n) is 6.21. The van der Waals surface area contributed by atoms with E-state index in [2.05, 4.69) is 31.7 Å². The Kier molecular flexibility index (Phi) is 37.8. The number of carbonyl (C=O) groups is 2. The molecular formula is C43H84N2O5S. The van der Waals surface area contributed by atoms with Gasteiger partial charge in [-0.1, -0.05) is 154 Å². The molecule has 1 N–H and O–H groups in total. The lowest BCUT2D eigenvalue weighted by Gasteiger charge is -2.23. The Morgan fingerprint density at radius 3 is 1.73 bits per heavy atom. The van der Waals surface area contributed by atoms with E-state index in [4.69, 9.17) is 9.47 Å². The zero-order valence-electron chi connectivity index (χ0n) is 34.3. The van der Waals surface area contributed by atoms with Gasteiger partial charge in [0.15, 0.2) is 6.29 Å². The van der Waals surface area contributed by atoms with Crippen LogP contribution in [0.25, 0.3) is 0 Å². The van der Waals surface area contributed by atoms with Crippen LogP contribution in [0.1, 0.15) is 194 Å². The number of aliphatic hydroxyl groups excluding tert-OH is 1. The Balaban J connectivity index is 4.54. The molecule has 0 heterocycles. The molecule has 51 heavy (non-hydrogen) atoms. The monoisotopic (exact) mass is 741 g/mol. The second kappa shape index (κ2) is 38.6. The molecule has 0 radical (unpaired) electrons. The number of amides is 1. The summed E-state index contributed by atoms with van der Waals surface area (Å²) in [7, 11) is 4.06. The first-order chi connectivity index (χ1) is 24.8. The average molecular weight is 741 g/mol. The van der Waals surface area contributed by atoms with Gasteiger partial charge in [-0.25, -0.2) is 0 Å². The van der Waals surface area contributed by atoms with E-state index in [-0.39, 0.29) is 17.3 Å². The minimum absolute atomic E-state index is 0.139. The average Bonchev–Trinajstić information content (AvgIpc) is 3.10. The first-order valence-electron chi connectivity index (χ1n) is 21.5. The minimum Gasteiger partial charge on any atom is -0.461 e. The summed E-state index contributed by atoms with van der Waals surface area (Å²) in [5, 5.41) is 10.9. The second-order valence-corrected chi connectivity index (χ2v) is 15.9. The minimum atomic E-state index is -0.701. The van der Waals surface area contributed by atoms with Crippen LogP contribution in [0.2, 0.25) is 0 Å². The van der Waals surface area contributed by atoms with Gasteiger partial charge in [-0.05, 0) is 71.9 Å². The van der Waals surface area contributed by atoms with E-state index in [0.717, 1.165) is 76.6 Å². The molecule has 0 aromatic rings. The van der Waals surface area contributed by atoms with Crippen molar-refractivity contribution in [1.29, 1.82) is 0 Å². The molecule has 0 saturated carbocycles. The van der Waals surface area contributed by atoms with Gasteiger partial charge in [0.1, 0.15) is 6.61 Å².